The number of thioether (sulfide) groups is 1. The zero-order valence-electron chi connectivity index (χ0n) is 5.09. The quantitative estimate of drug-likeness (QED) is 0.582. The van der Waals surface area contributed by atoms with E-state index in [9.17, 15) is 4.79 Å². The molecule has 9 heavy (non-hydrogen) atoms. The van der Waals surface area contributed by atoms with E-state index in [2.05, 4.69) is 0 Å². The van der Waals surface area contributed by atoms with Crippen molar-refractivity contribution in [3.63, 3.8) is 0 Å². The highest BCUT2D eigenvalue weighted by Crippen LogP contribution is 2.15. The molecular formula is C6H9NOS. The molecule has 0 spiro atoms. The van der Waals surface area contributed by atoms with Crippen molar-refractivity contribution in [2.24, 2.45) is 5.73 Å². The molecule has 0 aromatic heterocycles. The first-order chi connectivity index (χ1) is 4.30. The van der Waals surface area contributed by atoms with Crippen LogP contribution in [0.1, 0.15) is 6.42 Å². The van der Waals surface area contributed by atoms with E-state index in [1.807, 2.05) is 6.08 Å². The highest BCUT2D eigenvalue weighted by atomic mass is 32.2. The number of hydrogen-bond donors (Lipinski definition) is 1. The molecule has 0 unspecified atom stereocenters. The van der Waals surface area contributed by atoms with E-state index < -0.39 is 0 Å². The first-order valence-corrected chi connectivity index (χ1v) is 4.03. The molecule has 0 saturated heterocycles. The Labute approximate surface area is 58.5 Å². The highest BCUT2D eigenvalue weighted by Gasteiger charge is 2.07. The van der Waals surface area contributed by atoms with E-state index >= 15 is 0 Å². The lowest BCUT2D eigenvalue weighted by Gasteiger charge is -2.07. The Morgan fingerprint density at radius 2 is 2.56 bits per heavy atom. The maximum absolute atomic E-state index is 10.5. The van der Waals surface area contributed by atoms with Crippen LogP contribution in [0.15, 0.2) is 11.6 Å². The van der Waals surface area contributed by atoms with E-state index in [1.165, 1.54) is 0 Å². The average molecular weight is 143 g/mol. The fourth-order valence-electron chi connectivity index (χ4n) is 0.729. The molecule has 1 aliphatic heterocycles. The fraction of sp³-hybridized carbons (Fsp3) is 0.500. The monoisotopic (exact) mass is 143 g/mol. The molecule has 1 heterocycles. The number of primary amides is 1. The number of rotatable bonds is 1. The molecule has 2 nitrogen and oxygen atoms in total. The number of amides is 1. The number of nitrogens with two attached hydrogens (primary N) is 1. The van der Waals surface area contributed by atoms with Crippen molar-refractivity contribution in [2.75, 3.05) is 11.5 Å². The van der Waals surface area contributed by atoms with Crippen molar-refractivity contribution in [2.45, 2.75) is 6.42 Å². The van der Waals surface area contributed by atoms with Crippen LogP contribution in [0.25, 0.3) is 0 Å². The zero-order valence-corrected chi connectivity index (χ0v) is 5.91. The Balaban J connectivity index is 2.57. The molecule has 0 aliphatic carbocycles. The van der Waals surface area contributed by atoms with Crippen molar-refractivity contribution < 1.29 is 4.79 Å². The van der Waals surface area contributed by atoms with Crippen molar-refractivity contribution in [3.8, 4) is 0 Å². The van der Waals surface area contributed by atoms with Gasteiger partial charge in [0.1, 0.15) is 0 Å². The molecule has 0 aromatic carbocycles. The van der Waals surface area contributed by atoms with Crippen LogP contribution in [0.4, 0.5) is 0 Å². The maximum Gasteiger partial charge on any atom is 0.245 e. The lowest BCUT2D eigenvalue weighted by Crippen LogP contribution is -2.17. The van der Waals surface area contributed by atoms with Gasteiger partial charge in [0.2, 0.25) is 5.91 Å². The predicted octanol–water partition coefficient (Wildman–Crippen LogP) is 0.535. The summed E-state index contributed by atoms with van der Waals surface area (Å²) in [6.45, 7) is 0. The molecule has 0 saturated carbocycles. The lowest BCUT2D eigenvalue weighted by atomic mass is 10.2. The zero-order chi connectivity index (χ0) is 6.69. The minimum Gasteiger partial charge on any atom is -0.366 e. The second-order valence-corrected chi connectivity index (χ2v) is 3.04. The highest BCUT2D eigenvalue weighted by molar-refractivity contribution is 7.99. The molecule has 0 bridgehead atoms. The van der Waals surface area contributed by atoms with Gasteiger partial charge in [-0.2, -0.15) is 11.8 Å². The molecule has 1 rings (SSSR count). The standard InChI is InChI=1S/C6H9NOS/c7-6(8)5-2-1-3-9-4-5/h2H,1,3-4H2,(H2,7,8). The Bertz CT molecular complexity index is 153. The molecule has 0 radical (unpaired) electrons. The summed E-state index contributed by atoms with van der Waals surface area (Å²) in [6.07, 6.45) is 2.92. The van der Waals surface area contributed by atoms with Crippen LogP contribution in [0.3, 0.4) is 0 Å². The van der Waals surface area contributed by atoms with Crippen LogP contribution in [-0.4, -0.2) is 17.4 Å². The second kappa shape index (κ2) is 2.92. The maximum atomic E-state index is 10.5. The van der Waals surface area contributed by atoms with Crippen molar-refractivity contribution in [3.05, 3.63) is 11.6 Å². The van der Waals surface area contributed by atoms with Crippen molar-refractivity contribution in [1.29, 1.82) is 0 Å². The van der Waals surface area contributed by atoms with E-state index in [0.717, 1.165) is 23.5 Å². The van der Waals surface area contributed by atoms with Crippen LogP contribution in [0.5, 0.6) is 0 Å². The van der Waals surface area contributed by atoms with Gasteiger partial charge in [0.25, 0.3) is 0 Å². The summed E-state index contributed by atoms with van der Waals surface area (Å²) < 4.78 is 0. The van der Waals surface area contributed by atoms with Gasteiger partial charge in [-0.15, -0.1) is 0 Å². The third kappa shape index (κ3) is 1.75. The fourth-order valence-corrected chi connectivity index (χ4v) is 1.64. The Hall–Kier alpha value is -0.440. The SMILES string of the molecule is NC(=O)C1=CCCSC1. The van der Waals surface area contributed by atoms with Crippen LogP contribution in [0.2, 0.25) is 0 Å². The normalized spacial score (nSPS) is 18.9. The van der Waals surface area contributed by atoms with Crippen LogP contribution in [-0.2, 0) is 4.79 Å². The van der Waals surface area contributed by atoms with Crippen LogP contribution < -0.4 is 5.73 Å². The molecule has 0 atom stereocenters. The largest absolute Gasteiger partial charge is 0.366 e. The van der Waals surface area contributed by atoms with Crippen LogP contribution in [0, 0.1) is 0 Å². The summed E-state index contributed by atoms with van der Waals surface area (Å²) in [4.78, 5) is 10.5. The first-order valence-electron chi connectivity index (χ1n) is 2.87. The molecule has 0 aromatic rings. The number of carbonyl (C=O) groups excluding carboxylic acids is 1. The van der Waals surface area contributed by atoms with E-state index in [-0.39, 0.29) is 5.91 Å². The van der Waals surface area contributed by atoms with Gasteiger partial charge in [-0.1, -0.05) is 6.08 Å². The Kier molecular flexibility index (Phi) is 2.16. The predicted molar refractivity (Wildman–Crippen MR) is 39.2 cm³/mol. The van der Waals surface area contributed by atoms with Crippen molar-refractivity contribution in [1.82, 2.24) is 0 Å². The summed E-state index contributed by atoms with van der Waals surface area (Å²) >= 11 is 1.76. The summed E-state index contributed by atoms with van der Waals surface area (Å²) in [5, 5.41) is 0. The molecule has 1 amide bonds. The second-order valence-electron chi connectivity index (χ2n) is 1.93. The molecule has 50 valence electrons. The van der Waals surface area contributed by atoms with Crippen molar-refractivity contribution >= 4 is 17.7 Å². The van der Waals surface area contributed by atoms with E-state index in [0.29, 0.717) is 0 Å². The van der Waals surface area contributed by atoms with Gasteiger partial charge in [-0.25, -0.2) is 0 Å². The van der Waals surface area contributed by atoms with Gasteiger partial charge >= 0.3 is 0 Å². The summed E-state index contributed by atoms with van der Waals surface area (Å²) in [6, 6.07) is 0. The van der Waals surface area contributed by atoms with Gasteiger partial charge in [-0.05, 0) is 12.2 Å². The first kappa shape index (κ1) is 6.68. The molecular weight excluding hydrogens is 134 g/mol. The number of carbonyl (C=O) groups is 1. The van der Waals surface area contributed by atoms with E-state index in [4.69, 9.17) is 5.73 Å². The third-order valence-electron chi connectivity index (χ3n) is 1.23. The Morgan fingerprint density at radius 1 is 1.78 bits per heavy atom. The number of hydrogen-bond acceptors (Lipinski definition) is 2. The minimum atomic E-state index is -0.262. The molecule has 3 heteroatoms. The summed E-state index contributed by atoms with van der Waals surface area (Å²) in [7, 11) is 0. The van der Waals surface area contributed by atoms with Gasteiger partial charge < -0.3 is 5.73 Å². The summed E-state index contributed by atoms with van der Waals surface area (Å²) in [5.41, 5.74) is 5.83. The van der Waals surface area contributed by atoms with Gasteiger partial charge in [0.15, 0.2) is 0 Å². The Morgan fingerprint density at radius 3 is 2.89 bits per heavy atom. The third-order valence-corrected chi connectivity index (χ3v) is 2.27. The van der Waals surface area contributed by atoms with Gasteiger partial charge in [-0.3, -0.25) is 4.79 Å². The smallest absolute Gasteiger partial charge is 0.245 e. The molecule has 2 N–H and O–H groups in total. The van der Waals surface area contributed by atoms with Gasteiger partial charge in [0, 0.05) is 11.3 Å². The minimum absolute atomic E-state index is 0.262. The molecule has 0 fully saturated rings. The van der Waals surface area contributed by atoms with E-state index in [1.54, 1.807) is 11.8 Å². The topological polar surface area (TPSA) is 43.1 Å². The lowest BCUT2D eigenvalue weighted by molar-refractivity contribution is -0.114. The molecule has 1 aliphatic rings. The van der Waals surface area contributed by atoms with Crippen LogP contribution >= 0.6 is 11.8 Å². The number of allylic oxidation sites excluding steroid dienone is 1. The average Bonchev–Trinajstić information content (AvgIpc) is 1.90. The summed E-state index contributed by atoms with van der Waals surface area (Å²) in [5.74, 6) is 1.66. The van der Waals surface area contributed by atoms with Gasteiger partial charge in [0.05, 0.1) is 0 Å².